The number of nitrogens with zero attached hydrogens (tertiary/aromatic N) is 3. The van der Waals surface area contributed by atoms with Gasteiger partial charge in [-0.3, -0.25) is 5.32 Å². The second-order valence-electron chi connectivity index (χ2n) is 3.78. The second kappa shape index (κ2) is 3.71. The molecule has 0 atom stereocenters. The van der Waals surface area contributed by atoms with Crippen LogP contribution in [0.15, 0.2) is 17.6 Å². The topological polar surface area (TPSA) is 76.7 Å². The molecule has 0 spiro atoms. The molecule has 1 saturated carbocycles. The lowest BCUT2D eigenvalue weighted by molar-refractivity contribution is 1.05. The summed E-state index contributed by atoms with van der Waals surface area (Å²) < 4.78 is 0. The van der Waals surface area contributed by atoms with E-state index in [1.807, 2.05) is 0 Å². The molecule has 16 heavy (non-hydrogen) atoms. The molecule has 0 bridgehead atoms. The third kappa shape index (κ3) is 1.96. The first-order chi connectivity index (χ1) is 7.81. The molecule has 0 aromatic carbocycles. The molecule has 0 unspecified atom stereocenters. The van der Waals surface area contributed by atoms with Crippen molar-refractivity contribution >= 4 is 28.2 Å². The Bertz CT molecular complexity index is 505. The molecular weight excluding hydrogens is 222 g/mol. The number of thiazole rings is 1. The molecule has 0 amide bonds. The lowest BCUT2D eigenvalue weighted by Crippen LogP contribution is -1.99. The van der Waals surface area contributed by atoms with Gasteiger partial charge in [-0.15, -0.1) is 11.3 Å². The summed E-state index contributed by atoms with van der Waals surface area (Å²) in [6.45, 7) is 0. The molecule has 1 aliphatic carbocycles. The molecule has 0 radical (unpaired) electrons. The summed E-state index contributed by atoms with van der Waals surface area (Å²) in [6.07, 6.45) is 4.15. The molecular formula is C10H11N5S. The number of rotatable bonds is 3. The number of anilines is 3. The predicted molar refractivity (Wildman–Crippen MR) is 63.8 cm³/mol. The molecule has 2 aromatic rings. The van der Waals surface area contributed by atoms with Crippen molar-refractivity contribution in [2.24, 2.45) is 0 Å². The fourth-order valence-corrected chi connectivity index (χ4v) is 2.22. The minimum absolute atomic E-state index is 0.455. The largest absolute Gasteiger partial charge is 0.384 e. The van der Waals surface area contributed by atoms with E-state index in [1.165, 1.54) is 18.5 Å². The van der Waals surface area contributed by atoms with E-state index in [9.17, 15) is 0 Å². The Kier molecular flexibility index (Phi) is 2.21. The van der Waals surface area contributed by atoms with Crippen molar-refractivity contribution in [1.29, 1.82) is 0 Å². The molecule has 3 rings (SSSR count). The fourth-order valence-electron chi connectivity index (χ4n) is 1.44. The first kappa shape index (κ1) is 9.53. The highest BCUT2D eigenvalue weighted by Crippen LogP contribution is 2.41. The van der Waals surface area contributed by atoms with Crippen LogP contribution < -0.4 is 11.1 Å². The van der Waals surface area contributed by atoms with Crippen molar-refractivity contribution in [2.75, 3.05) is 11.1 Å². The summed E-state index contributed by atoms with van der Waals surface area (Å²) in [4.78, 5) is 12.6. The molecule has 0 saturated heterocycles. The van der Waals surface area contributed by atoms with Crippen molar-refractivity contribution < 1.29 is 0 Å². The third-order valence-electron chi connectivity index (χ3n) is 2.41. The highest BCUT2D eigenvalue weighted by Gasteiger charge is 2.26. The Morgan fingerprint density at radius 3 is 3.00 bits per heavy atom. The van der Waals surface area contributed by atoms with Gasteiger partial charge in [-0.1, -0.05) is 0 Å². The predicted octanol–water partition coefficient (Wildman–Crippen LogP) is 2.14. The summed E-state index contributed by atoms with van der Waals surface area (Å²) in [7, 11) is 0. The molecule has 2 aromatic heterocycles. The van der Waals surface area contributed by atoms with E-state index in [2.05, 4.69) is 25.6 Å². The van der Waals surface area contributed by atoms with Crippen molar-refractivity contribution in [2.45, 2.75) is 18.8 Å². The van der Waals surface area contributed by atoms with Gasteiger partial charge >= 0.3 is 0 Å². The van der Waals surface area contributed by atoms with Crippen molar-refractivity contribution in [3.8, 4) is 0 Å². The zero-order chi connectivity index (χ0) is 11.0. The van der Waals surface area contributed by atoms with E-state index in [0.29, 0.717) is 17.7 Å². The Balaban J connectivity index is 1.77. The summed E-state index contributed by atoms with van der Waals surface area (Å²) in [5, 5.41) is 5.97. The van der Waals surface area contributed by atoms with Crippen molar-refractivity contribution in [3.63, 3.8) is 0 Å². The Labute approximate surface area is 96.8 Å². The molecule has 82 valence electrons. The number of nitrogens with two attached hydrogens (primary N) is 1. The Hall–Kier alpha value is -1.69. The smallest absolute Gasteiger partial charge is 0.230 e. The molecule has 1 aliphatic rings. The average molecular weight is 233 g/mol. The van der Waals surface area contributed by atoms with Crippen LogP contribution in [0.5, 0.6) is 0 Å². The van der Waals surface area contributed by atoms with Crippen molar-refractivity contribution in [3.05, 3.63) is 23.3 Å². The highest BCUT2D eigenvalue weighted by atomic mass is 32.1. The number of nitrogens with one attached hydrogen (secondary N) is 1. The van der Waals surface area contributed by atoms with E-state index in [0.717, 1.165) is 5.13 Å². The van der Waals surface area contributed by atoms with E-state index >= 15 is 0 Å². The van der Waals surface area contributed by atoms with Gasteiger partial charge in [0.15, 0.2) is 5.13 Å². The summed E-state index contributed by atoms with van der Waals surface area (Å²) >= 11 is 1.58. The SMILES string of the molecule is Nc1ccnc(Nc2nc(C3CC3)cs2)n1. The van der Waals surface area contributed by atoms with Crippen LogP contribution in [-0.2, 0) is 0 Å². The maximum absolute atomic E-state index is 5.57. The third-order valence-corrected chi connectivity index (χ3v) is 3.19. The lowest BCUT2D eigenvalue weighted by Gasteiger charge is -2.00. The van der Waals surface area contributed by atoms with Crippen LogP contribution in [0.2, 0.25) is 0 Å². The fraction of sp³-hybridized carbons (Fsp3) is 0.300. The van der Waals surface area contributed by atoms with Gasteiger partial charge in [0.1, 0.15) is 5.82 Å². The van der Waals surface area contributed by atoms with E-state index in [1.54, 1.807) is 23.6 Å². The van der Waals surface area contributed by atoms with Gasteiger partial charge in [0.05, 0.1) is 5.69 Å². The van der Waals surface area contributed by atoms with Gasteiger partial charge in [0.25, 0.3) is 0 Å². The quantitative estimate of drug-likeness (QED) is 0.849. The van der Waals surface area contributed by atoms with E-state index in [-0.39, 0.29) is 0 Å². The average Bonchev–Trinajstić information content (AvgIpc) is 3.01. The van der Waals surface area contributed by atoms with Crippen molar-refractivity contribution in [1.82, 2.24) is 15.0 Å². The normalized spacial score (nSPS) is 15.0. The molecule has 3 N–H and O–H groups in total. The molecule has 0 aliphatic heterocycles. The minimum atomic E-state index is 0.455. The van der Waals surface area contributed by atoms with E-state index in [4.69, 9.17) is 5.73 Å². The van der Waals surface area contributed by atoms with Gasteiger partial charge in [-0.25, -0.2) is 9.97 Å². The summed E-state index contributed by atoms with van der Waals surface area (Å²) in [6, 6.07) is 1.66. The van der Waals surface area contributed by atoms with Crippen LogP contribution in [0.4, 0.5) is 16.9 Å². The van der Waals surface area contributed by atoms with Gasteiger partial charge < -0.3 is 5.73 Å². The summed E-state index contributed by atoms with van der Waals surface area (Å²) in [5.41, 5.74) is 6.74. The van der Waals surface area contributed by atoms with Crippen LogP contribution in [0.25, 0.3) is 0 Å². The Morgan fingerprint density at radius 2 is 2.25 bits per heavy atom. The monoisotopic (exact) mass is 233 g/mol. The molecule has 2 heterocycles. The lowest BCUT2D eigenvalue weighted by atomic mass is 10.3. The van der Waals surface area contributed by atoms with Gasteiger partial charge in [0, 0.05) is 17.5 Å². The number of nitrogen functional groups attached to an aromatic ring is 1. The minimum Gasteiger partial charge on any atom is -0.384 e. The van der Waals surface area contributed by atoms with Crippen LogP contribution >= 0.6 is 11.3 Å². The van der Waals surface area contributed by atoms with Crippen LogP contribution in [0, 0.1) is 0 Å². The maximum Gasteiger partial charge on any atom is 0.230 e. The molecule has 5 nitrogen and oxygen atoms in total. The summed E-state index contributed by atoms with van der Waals surface area (Å²) in [5.74, 6) is 1.63. The molecule has 6 heteroatoms. The van der Waals surface area contributed by atoms with Crippen LogP contribution in [-0.4, -0.2) is 15.0 Å². The van der Waals surface area contributed by atoms with Crippen LogP contribution in [0.3, 0.4) is 0 Å². The number of hydrogen-bond acceptors (Lipinski definition) is 6. The first-order valence-corrected chi connectivity index (χ1v) is 6.00. The van der Waals surface area contributed by atoms with Gasteiger partial charge in [-0.2, -0.15) is 4.98 Å². The van der Waals surface area contributed by atoms with Gasteiger partial charge in [-0.05, 0) is 18.9 Å². The standard InChI is InChI=1S/C10H11N5S/c11-8-3-4-12-9(14-8)15-10-13-7(5-16-10)6-1-2-6/h3-6H,1-2H2,(H3,11,12,13,14,15). The zero-order valence-electron chi connectivity index (χ0n) is 8.55. The Morgan fingerprint density at radius 1 is 1.38 bits per heavy atom. The first-order valence-electron chi connectivity index (χ1n) is 5.12. The maximum atomic E-state index is 5.57. The zero-order valence-corrected chi connectivity index (χ0v) is 9.37. The highest BCUT2D eigenvalue weighted by molar-refractivity contribution is 7.13. The molecule has 1 fully saturated rings. The number of aromatic nitrogens is 3. The van der Waals surface area contributed by atoms with E-state index < -0.39 is 0 Å². The second-order valence-corrected chi connectivity index (χ2v) is 4.64. The number of hydrogen-bond donors (Lipinski definition) is 2. The van der Waals surface area contributed by atoms with Gasteiger partial charge in [0.2, 0.25) is 5.95 Å². The van der Waals surface area contributed by atoms with Crippen LogP contribution in [0.1, 0.15) is 24.5 Å².